The van der Waals surface area contributed by atoms with Crippen LogP contribution in [-0.2, 0) is 0 Å². The lowest BCUT2D eigenvalue weighted by Crippen LogP contribution is -2.14. The lowest BCUT2D eigenvalue weighted by atomic mass is 10.5. The van der Waals surface area contributed by atoms with Crippen LogP contribution < -0.4 is 0 Å². The summed E-state index contributed by atoms with van der Waals surface area (Å²) in [6, 6.07) is 0. The number of aromatic nitrogens is 2. The fraction of sp³-hybridized carbons (Fsp3) is 0.200. The van der Waals surface area contributed by atoms with Gasteiger partial charge in [-0.2, -0.15) is 5.11 Å². The van der Waals surface area contributed by atoms with Crippen LogP contribution in [0.1, 0.15) is 4.79 Å². The highest BCUT2D eigenvalue weighted by molar-refractivity contribution is 5.84. The average molecular weight is 136 g/mol. The Kier molecular flexibility index (Phi) is 0.913. The van der Waals surface area contributed by atoms with Crippen molar-refractivity contribution in [3.63, 3.8) is 0 Å². The van der Waals surface area contributed by atoms with E-state index >= 15 is 0 Å². The number of imidazole rings is 1. The van der Waals surface area contributed by atoms with Crippen LogP contribution >= 0.6 is 0 Å². The summed E-state index contributed by atoms with van der Waals surface area (Å²) in [5, 5.41) is 7.29. The van der Waals surface area contributed by atoms with Crippen molar-refractivity contribution in [1.29, 1.82) is 0 Å². The third-order valence-electron chi connectivity index (χ3n) is 1.27. The summed E-state index contributed by atoms with van der Waals surface area (Å²) in [4.78, 5) is 14.7. The molecule has 2 heterocycles. The zero-order valence-electron chi connectivity index (χ0n) is 5.06. The van der Waals surface area contributed by atoms with Crippen LogP contribution in [0.15, 0.2) is 22.8 Å². The first-order chi connectivity index (χ1) is 4.88. The summed E-state index contributed by atoms with van der Waals surface area (Å²) in [6.45, 7) is 0.128. The van der Waals surface area contributed by atoms with Crippen LogP contribution in [0.5, 0.6) is 0 Å². The first kappa shape index (κ1) is 5.28. The van der Waals surface area contributed by atoms with E-state index in [1.54, 1.807) is 0 Å². The smallest absolute Gasteiger partial charge is 0.257 e. The van der Waals surface area contributed by atoms with Crippen molar-refractivity contribution >= 4 is 11.7 Å². The Bertz CT molecular complexity index is 300. The summed E-state index contributed by atoms with van der Waals surface area (Å²) in [5.74, 6) is 0.429. The van der Waals surface area contributed by atoms with Gasteiger partial charge in [-0.3, -0.25) is 9.36 Å². The predicted molar refractivity (Wildman–Crippen MR) is 32.2 cm³/mol. The van der Waals surface area contributed by atoms with Crippen molar-refractivity contribution in [2.75, 3.05) is 6.54 Å². The van der Waals surface area contributed by atoms with E-state index in [2.05, 4.69) is 15.2 Å². The van der Waals surface area contributed by atoms with Gasteiger partial charge in [0.05, 0.1) is 6.20 Å². The molecule has 10 heavy (non-hydrogen) atoms. The Labute approximate surface area is 56.4 Å². The Morgan fingerprint density at radius 1 is 1.60 bits per heavy atom. The molecule has 0 saturated heterocycles. The lowest BCUT2D eigenvalue weighted by Gasteiger charge is -2.02. The van der Waals surface area contributed by atoms with Gasteiger partial charge in [0, 0.05) is 0 Å². The standard InChI is InChI=1S/C5H4N4O/c10-5-2-7-8-4-1-6-3-9(4)5/h1,3H,2H2. The Morgan fingerprint density at radius 3 is 3.30 bits per heavy atom. The third-order valence-corrected chi connectivity index (χ3v) is 1.27. The van der Waals surface area contributed by atoms with Crippen LogP contribution in [0.3, 0.4) is 0 Å². The average Bonchev–Trinajstić information content (AvgIpc) is 2.36. The number of hydrogen-bond acceptors (Lipinski definition) is 4. The van der Waals surface area contributed by atoms with Crippen molar-refractivity contribution in [1.82, 2.24) is 9.55 Å². The first-order valence-corrected chi connectivity index (χ1v) is 2.81. The van der Waals surface area contributed by atoms with E-state index < -0.39 is 0 Å². The zero-order valence-corrected chi connectivity index (χ0v) is 5.06. The zero-order chi connectivity index (χ0) is 6.97. The van der Waals surface area contributed by atoms with Gasteiger partial charge in [-0.15, -0.1) is 5.11 Å². The van der Waals surface area contributed by atoms with E-state index in [1.165, 1.54) is 17.1 Å². The molecule has 0 aliphatic carbocycles. The van der Waals surface area contributed by atoms with E-state index in [0.717, 1.165) is 0 Å². The first-order valence-electron chi connectivity index (χ1n) is 2.81. The molecule has 0 amide bonds. The number of hydrogen-bond donors (Lipinski definition) is 0. The molecule has 0 fully saturated rings. The van der Waals surface area contributed by atoms with Crippen LogP contribution in [0, 0.1) is 0 Å². The summed E-state index contributed by atoms with van der Waals surface area (Å²) in [5.41, 5.74) is 0. The van der Waals surface area contributed by atoms with Gasteiger partial charge >= 0.3 is 0 Å². The van der Waals surface area contributed by atoms with Gasteiger partial charge in [-0.05, 0) is 0 Å². The normalized spacial score (nSPS) is 15.4. The molecule has 1 aromatic rings. The molecule has 50 valence electrons. The molecule has 1 aromatic heterocycles. The number of carbonyl (C=O) groups excluding carboxylic acids is 1. The number of fused-ring (bicyclic) bond motifs is 1. The number of nitrogens with zero attached hydrogens (tertiary/aromatic N) is 4. The number of azo groups is 1. The fourth-order valence-electron chi connectivity index (χ4n) is 0.799. The van der Waals surface area contributed by atoms with Crippen LogP contribution in [0.2, 0.25) is 0 Å². The van der Waals surface area contributed by atoms with Crippen molar-refractivity contribution in [2.45, 2.75) is 0 Å². The van der Waals surface area contributed by atoms with Crippen LogP contribution in [0.25, 0.3) is 0 Å². The minimum Gasteiger partial charge on any atom is -0.272 e. The summed E-state index contributed by atoms with van der Waals surface area (Å²) in [7, 11) is 0. The SMILES string of the molecule is O=C1CN=Nc2cncn21. The summed E-state index contributed by atoms with van der Waals surface area (Å²) >= 11 is 0. The minimum absolute atomic E-state index is 0.0810. The minimum atomic E-state index is -0.0810. The number of rotatable bonds is 0. The molecule has 0 spiro atoms. The van der Waals surface area contributed by atoms with E-state index in [1.807, 2.05) is 0 Å². The maximum absolute atomic E-state index is 10.9. The molecule has 0 atom stereocenters. The third kappa shape index (κ3) is 0.570. The van der Waals surface area contributed by atoms with Gasteiger partial charge in [0.15, 0.2) is 5.82 Å². The maximum atomic E-state index is 10.9. The summed E-state index contributed by atoms with van der Waals surface area (Å²) in [6.07, 6.45) is 2.94. The van der Waals surface area contributed by atoms with Gasteiger partial charge in [0.2, 0.25) is 0 Å². The summed E-state index contributed by atoms with van der Waals surface area (Å²) < 4.78 is 1.38. The van der Waals surface area contributed by atoms with Crippen molar-refractivity contribution in [3.8, 4) is 0 Å². The Morgan fingerprint density at radius 2 is 2.50 bits per heavy atom. The topological polar surface area (TPSA) is 59.6 Å². The molecule has 5 nitrogen and oxygen atoms in total. The molecule has 0 unspecified atom stereocenters. The number of carbonyl (C=O) groups is 1. The molecule has 1 aliphatic rings. The van der Waals surface area contributed by atoms with Crippen LogP contribution in [-0.4, -0.2) is 22.0 Å². The second kappa shape index (κ2) is 1.73. The predicted octanol–water partition coefficient (Wildman–Crippen LogP) is 0.621. The molecular formula is C5H4N4O. The quantitative estimate of drug-likeness (QED) is 0.524. The second-order valence-corrected chi connectivity index (χ2v) is 1.92. The van der Waals surface area contributed by atoms with Gasteiger partial charge in [-0.1, -0.05) is 0 Å². The molecule has 5 heteroatoms. The highest BCUT2D eigenvalue weighted by Crippen LogP contribution is 2.14. The van der Waals surface area contributed by atoms with E-state index in [-0.39, 0.29) is 12.5 Å². The molecule has 0 saturated carbocycles. The van der Waals surface area contributed by atoms with Crippen molar-refractivity contribution < 1.29 is 4.79 Å². The van der Waals surface area contributed by atoms with Crippen molar-refractivity contribution in [2.24, 2.45) is 10.2 Å². The molecule has 1 aliphatic heterocycles. The fourth-order valence-corrected chi connectivity index (χ4v) is 0.799. The molecule has 0 aromatic carbocycles. The van der Waals surface area contributed by atoms with E-state index in [0.29, 0.717) is 5.82 Å². The second-order valence-electron chi connectivity index (χ2n) is 1.92. The molecule has 0 radical (unpaired) electrons. The maximum Gasteiger partial charge on any atom is 0.257 e. The van der Waals surface area contributed by atoms with Gasteiger partial charge in [0.1, 0.15) is 12.9 Å². The highest BCUT2D eigenvalue weighted by Gasteiger charge is 2.12. The van der Waals surface area contributed by atoms with Crippen molar-refractivity contribution in [3.05, 3.63) is 12.5 Å². The van der Waals surface area contributed by atoms with Gasteiger partial charge < -0.3 is 0 Å². The Balaban J connectivity index is 2.62. The van der Waals surface area contributed by atoms with E-state index in [9.17, 15) is 4.79 Å². The monoisotopic (exact) mass is 136 g/mol. The van der Waals surface area contributed by atoms with Crippen LogP contribution in [0.4, 0.5) is 5.82 Å². The molecule has 2 rings (SSSR count). The largest absolute Gasteiger partial charge is 0.272 e. The molecule has 0 N–H and O–H groups in total. The van der Waals surface area contributed by atoms with Gasteiger partial charge in [0.25, 0.3) is 5.91 Å². The highest BCUT2D eigenvalue weighted by atomic mass is 16.2. The van der Waals surface area contributed by atoms with Gasteiger partial charge in [-0.25, -0.2) is 4.98 Å². The molecular weight excluding hydrogens is 132 g/mol. The Hall–Kier alpha value is -1.52. The lowest BCUT2D eigenvalue weighted by molar-refractivity contribution is 0.0918. The molecule has 0 bridgehead atoms. The van der Waals surface area contributed by atoms with E-state index in [4.69, 9.17) is 0 Å².